The topological polar surface area (TPSA) is 124 Å². The van der Waals surface area contributed by atoms with Gasteiger partial charge in [-0.25, -0.2) is 9.18 Å². The largest absolute Gasteiger partial charge is 0.487 e. The summed E-state index contributed by atoms with van der Waals surface area (Å²) in [5, 5.41) is 11.0. The molecule has 2 aliphatic heterocycles. The van der Waals surface area contributed by atoms with Crippen molar-refractivity contribution >= 4 is 32.7 Å². The molecule has 2 atom stereocenters. The molecule has 206 valence electrons. The van der Waals surface area contributed by atoms with E-state index in [9.17, 15) is 23.1 Å². The Bertz CT molecular complexity index is 1640. The minimum atomic E-state index is -3.78. The van der Waals surface area contributed by atoms with Crippen LogP contribution in [0.4, 0.5) is 10.1 Å². The number of rotatable bonds is 7. The molecule has 1 N–H and O–H groups in total. The first kappa shape index (κ1) is 25.8. The Balaban J connectivity index is 1.39. The number of aliphatic hydroxyl groups is 1. The van der Waals surface area contributed by atoms with Crippen molar-refractivity contribution in [3.05, 3.63) is 69.8 Å². The summed E-state index contributed by atoms with van der Waals surface area (Å²) < 4.78 is 56.7. The third-order valence-electron chi connectivity index (χ3n) is 7.34. The standard InChI is InChI=1S/C27H27FN2O8S/c1-39(34,35)38-15-27(33)10-18-13-36-25-22-19(9-21(28)23(25)30(18)14-27)24(31)20(11-29(22)17-7-8-17)26(32)37-12-16-5-3-2-4-6-16/h2-6,9,11,17-18,33H,7-8,10,12-15H2,1H3/t18-,27+/m0/s1. The fraction of sp³-hybridized carbons (Fsp3) is 0.407. The summed E-state index contributed by atoms with van der Waals surface area (Å²) >= 11 is 0. The Morgan fingerprint density at radius 2 is 1.97 bits per heavy atom. The number of esters is 1. The molecule has 3 heterocycles. The SMILES string of the molecule is CS(=O)(=O)OC[C@@]1(O)C[C@H]2COc3c(c(F)cc4c(=O)c(C(=O)OCc5ccccc5)cn(C5CC5)c34)N2C1. The maximum absolute atomic E-state index is 15.7. The van der Waals surface area contributed by atoms with Gasteiger partial charge in [-0.15, -0.1) is 0 Å². The van der Waals surface area contributed by atoms with E-state index < -0.39 is 45.6 Å². The molecule has 0 spiro atoms. The van der Waals surface area contributed by atoms with Crippen LogP contribution in [0.15, 0.2) is 47.4 Å². The normalized spacial score (nSPS) is 22.3. The van der Waals surface area contributed by atoms with Crippen molar-refractivity contribution in [1.82, 2.24) is 4.57 Å². The van der Waals surface area contributed by atoms with E-state index in [4.69, 9.17) is 13.7 Å². The Hall–Kier alpha value is -3.48. The maximum atomic E-state index is 15.7. The second kappa shape index (κ2) is 9.32. The highest BCUT2D eigenvalue weighted by Crippen LogP contribution is 2.48. The molecule has 3 aromatic rings. The molecule has 0 unspecified atom stereocenters. The number of fused-ring (bicyclic) bond motifs is 5. The van der Waals surface area contributed by atoms with Crippen LogP contribution in [-0.4, -0.2) is 61.7 Å². The van der Waals surface area contributed by atoms with Crippen molar-refractivity contribution in [3.63, 3.8) is 0 Å². The van der Waals surface area contributed by atoms with Crippen LogP contribution in [0.1, 0.15) is 41.2 Å². The average molecular weight is 559 g/mol. The molecule has 2 aromatic carbocycles. The zero-order valence-electron chi connectivity index (χ0n) is 21.1. The molecular formula is C27H27FN2O8S. The van der Waals surface area contributed by atoms with Gasteiger partial charge in [-0.3, -0.25) is 8.98 Å². The lowest BCUT2D eigenvalue weighted by Crippen LogP contribution is -2.41. The van der Waals surface area contributed by atoms with Gasteiger partial charge in [0.1, 0.15) is 30.1 Å². The number of halogens is 1. The van der Waals surface area contributed by atoms with Crippen molar-refractivity contribution in [2.24, 2.45) is 0 Å². The number of carbonyl (C=O) groups is 1. The Morgan fingerprint density at radius 1 is 1.23 bits per heavy atom. The monoisotopic (exact) mass is 558 g/mol. The third kappa shape index (κ3) is 4.88. The van der Waals surface area contributed by atoms with Crippen LogP contribution in [0.5, 0.6) is 5.75 Å². The predicted octanol–water partition coefficient (Wildman–Crippen LogP) is 2.51. The lowest BCUT2D eigenvalue weighted by atomic mass is 10.0. The zero-order valence-corrected chi connectivity index (χ0v) is 21.9. The number of ether oxygens (including phenoxy) is 2. The van der Waals surface area contributed by atoms with Crippen LogP contribution in [0, 0.1) is 5.82 Å². The zero-order chi connectivity index (χ0) is 27.5. The molecule has 0 amide bonds. The van der Waals surface area contributed by atoms with Crippen molar-refractivity contribution in [1.29, 1.82) is 0 Å². The minimum absolute atomic E-state index is 0.000583. The summed E-state index contributed by atoms with van der Waals surface area (Å²) in [6, 6.07) is 9.75. The van der Waals surface area contributed by atoms with Crippen LogP contribution < -0.4 is 15.1 Å². The van der Waals surface area contributed by atoms with E-state index in [1.54, 1.807) is 21.6 Å². The fourth-order valence-electron chi connectivity index (χ4n) is 5.41. The molecule has 39 heavy (non-hydrogen) atoms. The summed E-state index contributed by atoms with van der Waals surface area (Å²) in [6.45, 7) is -0.467. The average Bonchev–Trinajstić information content (AvgIpc) is 3.68. The molecule has 1 aromatic heterocycles. The van der Waals surface area contributed by atoms with Gasteiger partial charge < -0.3 is 24.0 Å². The molecule has 6 rings (SSSR count). The van der Waals surface area contributed by atoms with Gasteiger partial charge >= 0.3 is 5.97 Å². The van der Waals surface area contributed by atoms with Crippen molar-refractivity contribution < 1.29 is 36.4 Å². The number of hydrogen-bond donors (Lipinski definition) is 1. The van der Waals surface area contributed by atoms with Gasteiger partial charge in [0, 0.05) is 25.2 Å². The summed E-state index contributed by atoms with van der Waals surface area (Å²) in [7, 11) is -3.78. The van der Waals surface area contributed by atoms with E-state index in [1.165, 1.54) is 6.20 Å². The number of carbonyl (C=O) groups excluding carboxylic acids is 1. The van der Waals surface area contributed by atoms with E-state index in [2.05, 4.69) is 0 Å². The van der Waals surface area contributed by atoms with Crippen LogP contribution in [0.25, 0.3) is 10.9 Å². The first-order valence-electron chi connectivity index (χ1n) is 12.6. The van der Waals surface area contributed by atoms with Gasteiger partial charge in [0.25, 0.3) is 10.1 Å². The van der Waals surface area contributed by atoms with Gasteiger partial charge in [0.2, 0.25) is 5.43 Å². The summed E-state index contributed by atoms with van der Waals surface area (Å²) in [5.74, 6) is -1.39. The quantitative estimate of drug-likeness (QED) is 0.344. The summed E-state index contributed by atoms with van der Waals surface area (Å²) in [4.78, 5) is 28.1. The van der Waals surface area contributed by atoms with Gasteiger partial charge in [-0.1, -0.05) is 30.3 Å². The molecule has 10 nitrogen and oxygen atoms in total. The molecule has 0 bridgehead atoms. The molecule has 0 radical (unpaired) electrons. The number of benzene rings is 2. The fourth-order valence-corrected chi connectivity index (χ4v) is 5.84. The molecule has 1 aliphatic carbocycles. The first-order chi connectivity index (χ1) is 18.5. The number of aromatic nitrogens is 1. The molecule has 1 saturated carbocycles. The van der Waals surface area contributed by atoms with E-state index in [0.29, 0.717) is 5.52 Å². The van der Waals surface area contributed by atoms with Crippen LogP contribution in [0.3, 0.4) is 0 Å². The highest BCUT2D eigenvalue weighted by Gasteiger charge is 2.48. The van der Waals surface area contributed by atoms with Crippen molar-refractivity contribution in [2.45, 2.75) is 43.6 Å². The lowest BCUT2D eigenvalue weighted by Gasteiger charge is -2.34. The van der Waals surface area contributed by atoms with Crippen LogP contribution in [0.2, 0.25) is 0 Å². The van der Waals surface area contributed by atoms with Crippen molar-refractivity contribution in [2.75, 3.05) is 30.9 Å². The highest BCUT2D eigenvalue weighted by atomic mass is 32.2. The first-order valence-corrected chi connectivity index (χ1v) is 14.4. The van der Waals surface area contributed by atoms with Gasteiger partial charge in [0.05, 0.1) is 29.8 Å². The van der Waals surface area contributed by atoms with Gasteiger partial charge in [-0.2, -0.15) is 8.42 Å². The number of hydrogen-bond acceptors (Lipinski definition) is 9. The molecule has 2 fully saturated rings. The smallest absolute Gasteiger partial charge is 0.343 e. The molecular weight excluding hydrogens is 531 g/mol. The van der Waals surface area contributed by atoms with Crippen molar-refractivity contribution in [3.8, 4) is 5.75 Å². The maximum Gasteiger partial charge on any atom is 0.343 e. The van der Waals surface area contributed by atoms with E-state index in [-0.39, 0.29) is 54.6 Å². The second-order valence-corrected chi connectivity index (χ2v) is 12.1. The second-order valence-electron chi connectivity index (χ2n) is 10.5. The molecule has 3 aliphatic rings. The van der Waals surface area contributed by atoms with Gasteiger partial charge in [0.15, 0.2) is 11.6 Å². The lowest BCUT2D eigenvalue weighted by molar-refractivity contribution is 0.0133. The minimum Gasteiger partial charge on any atom is -0.487 e. The highest BCUT2D eigenvalue weighted by molar-refractivity contribution is 7.85. The number of anilines is 1. The Kier molecular flexibility index (Phi) is 6.16. The number of nitrogens with zero attached hydrogens (tertiary/aromatic N) is 2. The summed E-state index contributed by atoms with van der Waals surface area (Å²) in [6.07, 6.45) is 4.10. The Labute approximate surface area is 223 Å². The molecule has 1 saturated heterocycles. The summed E-state index contributed by atoms with van der Waals surface area (Å²) in [5.41, 5.74) is -1.16. The predicted molar refractivity (Wildman–Crippen MR) is 139 cm³/mol. The number of pyridine rings is 1. The van der Waals surface area contributed by atoms with Crippen LogP contribution >= 0.6 is 0 Å². The van der Waals surface area contributed by atoms with Crippen LogP contribution in [-0.2, 0) is 25.6 Å². The van der Waals surface area contributed by atoms with E-state index in [0.717, 1.165) is 30.7 Å². The molecule has 12 heteroatoms. The van der Waals surface area contributed by atoms with E-state index >= 15 is 4.39 Å². The Morgan fingerprint density at radius 3 is 2.67 bits per heavy atom. The van der Waals surface area contributed by atoms with Gasteiger partial charge in [-0.05, 0) is 24.5 Å². The van der Waals surface area contributed by atoms with E-state index in [1.807, 2.05) is 18.2 Å². The third-order valence-corrected chi connectivity index (χ3v) is 7.89.